The smallest absolute Gasteiger partial charge is 0.191 e. The molecule has 2 N–H and O–H groups in total. The summed E-state index contributed by atoms with van der Waals surface area (Å²) in [6, 6.07) is 8.47. The summed E-state index contributed by atoms with van der Waals surface area (Å²) in [5.41, 5.74) is 2.38. The van der Waals surface area contributed by atoms with E-state index >= 15 is 0 Å². The lowest BCUT2D eigenvalue weighted by molar-refractivity contribution is -0.0390. The monoisotopic (exact) mass is 349 g/mol. The lowest BCUT2D eigenvalue weighted by Gasteiger charge is -2.22. The molecule has 0 unspecified atom stereocenters. The molecule has 0 spiro atoms. The molecule has 25 heavy (non-hydrogen) atoms. The number of aliphatic imine (C=N–C) groups is 1. The summed E-state index contributed by atoms with van der Waals surface area (Å²) in [6.07, 6.45) is 2.32. The molecule has 1 heterocycles. The number of methoxy groups -OCH3 is 1. The summed E-state index contributed by atoms with van der Waals surface area (Å²) in [7, 11) is 1.69. The maximum absolute atomic E-state index is 5.95. The van der Waals surface area contributed by atoms with Gasteiger partial charge >= 0.3 is 0 Å². The Bertz CT molecular complexity index is 499. The van der Waals surface area contributed by atoms with Crippen LogP contribution >= 0.6 is 0 Å². The number of nitrogens with zero attached hydrogens (tertiary/aromatic N) is 1. The van der Waals surface area contributed by atoms with Gasteiger partial charge in [0.05, 0.1) is 25.9 Å². The second kappa shape index (κ2) is 11.8. The molecule has 1 aromatic carbocycles. The Morgan fingerprint density at radius 2 is 1.88 bits per heavy atom. The predicted molar refractivity (Wildman–Crippen MR) is 99.8 cm³/mol. The minimum absolute atomic E-state index is 0.332. The first-order chi connectivity index (χ1) is 12.3. The SMILES string of the molecule is CCNC(=NCc1ccc(COC2CCOCC2)cc1)NCCOC. The lowest BCUT2D eigenvalue weighted by Crippen LogP contribution is -2.38. The summed E-state index contributed by atoms with van der Waals surface area (Å²) in [4.78, 5) is 4.60. The van der Waals surface area contributed by atoms with E-state index in [0.29, 0.717) is 25.9 Å². The second-order valence-corrected chi connectivity index (χ2v) is 6.05. The van der Waals surface area contributed by atoms with Gasteiger partial charge < -0.3 is 24.8 Å². The highest BCUT2D eigenvalue weighted by Gasteiger charge is 2.13. The van der Waals surface area contributed by atoms with Crippen LogP contribution in [0.5, 0.6) is 0 Å². The van der Waals surface area contributed by atoms with Crippen LogP contribution in [0.4, 0.5) is 0 Å². The average molecular weight is 349 g/mol. The summed E-state index contributed by atoms with van der Waals surface area (Å²) in [5.74, 6) is 0.812. The van der Waals surface area contributed by atoms with Gasteiger partial charge in [-0.3, -0.25) is 0 Å². The Morgan fingerprint density at radius 1 is 1.16 bits per heavy atom. The zero-order valence-electron chi connectivity index (χ0n) is 15.4. The van der Waals surface area contributed by atoms with Gasteiger partial charge in [0.15, 0.2) is 5.96 Å². The summed E-state index contributed by atoms with van der Waals surface area (Å²) >= 11 is 0. The molecule has 0 aliphatic carbocycles. The van der Waals surface area contributed by atoms with E-state index in [1.54, 1.807) is 7.11 Å². The number of guanidine groups is 1. The standard InChI is InChI=1S/C19H31N3O3/c1-3-20-19(21-10-13-23-2)22-14-16-4-6-17(7-5-16)15-25-18-8-11-24-12-9-18/h4-7,18H,3,8-15H2,1-2H3,(H2,20,21,22). The first-order valence-corrected chi connectivity index (χ1v) is 9.10. The van der Waals surface area contributed by atoms with Gasteiger partial charge in [-0.1, -0.05) is 24.3 Å². The van der Waals surface area contributed by atoms with Crippen molar-refractivity contribution in [3.63, 3.8) is 0 Å². The van der Waals surface area contributed by atoms with Gasteiger partial charge in [0.25, 0.3) is 0 Å². The van der Waals surface area contributed by atoms with E-state index in [9.17, 15) is 0 Å². The zero-order chi connectivity index (χ0) is 17.7. The third-order valence-electron chi connectivity index (χ3n) is 4.04. The Kier molecular flexibility index (Phi) is 9.33. The lowest BCUT2D eigenvalue weighted by atomic mass is 10.1. The van der Waals surface area contributed by atoms with Crippen LogP contribution in [0, 0.1) is 0 Å². The molecule has 1 aromatic rings. The minimum atomic E-state index is 0.332. The molecular formula is C19H31N3O3. The van der Waals surface area contributed by atoms with Crippen LogP contribution in [-0.2, 0) is 27.4 Å². The maximum Gasteiger partial charge on any atom is 0.191 e. The predicted octanol–water partition coefficient (Wildman–Crippen LogP) is 2.08. The third-order valence-corrected chi connectivity index (χ3v) is 4.04. The van der Waals surface area contributed by atoms with E-state index in [2.05, 4.69) is 46.8 Å². The van der Waals surface area contributed by atoms with Crippen molar-refractivity contribution in [1.29, 1.82) is 0 Å². The number of rotatable bonds is 9. The molecule has 0 radical (unpaired) electrons. The molecule has 1 fully saturated rings. The number of hydrogen-bond acceptors (Lipinski definition) is 4. The van der Waals surface area contributed by atoms with Crippen molar-refractivity contribution >= 4 is 5.96 Å². The first kappa shape index (κ1) is 19.7. The molecule has 1 saturated heterocycles. The minimum Gasteiger partial charge on any atom is -0.383 e. The van der Waals surface area contributed by atoms with Crippen molar-refractivity contribution in [2.75, 3.05) is 40.0 Å². The van der Waals surface area contributed by atoms with Crippen LogP contribution in [0.3, 0.4) is 0 Å². The molecule has 0 bridgehead atoms. The summed E-state index contributed by atoms with van der Waals surface area (Å²) in [6.45, 7) is 7.22. The van der Waals surface area contributed by atoms with Crippen LogP contribution < -0.4 is 10.6 Å². The van der Waals surface area contributed by atoms with Crippen LogP contribution in [0.25, 0.3) is 0 Å². The Balaban J connectivity index is 1.78. The highest BCUT2D eigenvalue weighted by Crippen LogP contribution is 2.14. The van der Waals surface area contributed by atoms with Gasteiger partial charge in [-0.2, -0.15) is 0 Å². The highest BCUT2D eigenvalue weighted by molar-refractivity contribution is 5.79. The van der Waals surface area contributed by atoms with Crippen molar-refractivity contribution in [2.24, 2.45) is 4.99 Å². The number of nitrogens with one attached hydrogen (secondary N) is 2. The molecule has 1 aliphatic heterocycles. The fraction of sp³-hybridized carbons (Fsp3) is 0.632. The van der Waals surface area contributed by atoms with E-state index in [-0.39, 0.29) is 0 Å². The van der Waals surface area contributed by atoms with Gasteiger partial charge in [-0.15, -0.1) is 0 Å². The van der Waals surface area contributed by atoms with Gasteiger partial charge in [0, 0.05) is 33.4 Å². The molecule has 6 nitrogen and oxygen atoms in total. The molecule has 0 saturated carbocycles. The Morgan fingerprint density at radius 3 is 2.56 bits per heavy atom. The van der Waals surface area contributed by atoms with Crippen LogP contribution in [-0.4, -0.2) is 52.1 Å². The van der Waals surface area contributed by atoms with Crippen molar-refractivity contribution in [1.82, 2.24) is 10.6 Å². The van der Waals surface area contributed by atoms with Crippen LogP contribution in [0.15, 0.2) is 29.3 Å². The number of hydrogen-bond donors (Lipinski definition) is 2. The third kappa shape index (κ3) is 7.86. The maximum atomic E-state index is 5.95. The zero-order valence-corrected chi connectivity index (χ0v) is 15.4. The number of ether oxygens (including phenoxy) is 3. The van der Waals surface area contributed by atoms with E-state index in [1.165, 1.54) is 11.1 Å². The fourth-order valence-corrected chi connectivity index (χ4v) is 2.58. The molecule has 0 amide bonds. The van der Waals surface area contributed by atoms with Crippen molar-refractivity contribution in [2.45, 2.75) is 39.0 Å². The average Bonchev–Trinajstić information content (AvgIpc) is 2.66. The molecule has 2 rings (SSSR count). The van der Waals surface area contributed by atoms with Crippen molar-refractivity contribution < 1.29 is 14.2 Å². The van der Waals surface area contributed by atoms with E-state index in [4.69, 9.17) is 14.2 Å². The van der Waals surface area contributed by atoms with Gasteiger partial charge in [-0.05, 0) is 30.9 Å². The van der Waals surface area contributed by atoms with Crippen LogP contribution in [0.2, 0.25) is 0 Å². The summed E-state index contributed by atoms with van der Waals surface area (Å²) in [5, 5.41) is 6.48. The molecule has 140 valence electrons. The fourth-order valence-electron chi connectivity index (χ4n) is 2.58. The van der Waals surface area contributed by atoms with Crippen LogP contribution in [0.1, 0.15) is 30.9 Å². The highest BCUT2D eigenvalue weighted by atomic mass is 16.5. The van der Waals surface area contributed by atoms with E-state index < -0.39 is 0 Å². The molecule has 0 atom stereocenters. The summed E-state index contributed by atoms with van der Waals surface area (Å²) < 4.78 is 16.4. The van der Waals surface area contributed by atoms with Gasteiger partial charge in [0.1, 0.15) is 0 Å². The first-order valence-electron chi connectivity index (χ1n) is 9.10. The van der Waals surface area contributed by atoms with E-state index in [0.717, 1.165) is 45.1 Å². The quantitative estimate of drug-likeness (QED) is 0.406. The molecule has 0 aromatic heterocycles. The largest absolute Gasteiger partial charge is 0.383 e. The Labute approximate surface area is 151 Å². The van der Waals surface area contributed by atoms with E-state index in [1.807, 2.05) is 0 Å². The molecule has 6 heteroatoms. The normalized spacial score (nSPS) is 16.0. The number of benzene rings is 1. The topological polar surface area (TPSA) is 64.1 Å². The van der Waals surface area contributed by atoms with Crippen molar-refractivity contribution in [3.05, 3.63) is 35.4 Å². The van der Waals surface area contributed by atoms with Gasteiger partial charge in [-0.25, -0.2) is 4.99 Å². The molecular weight excluding hydrogens is 318 g/mol. The van der Waals surface area contributed by atoms with Gasteiger partial charge in [0.2, 0.25) is 0 Å². The van der Waals surface area contributed by atoms with Crippen molar-refractivity contribution in [3.8, 4) is 0 Å². The molecule has 1 aliphatic rings. The second-order valence-electron chi connectivity index (χ2n) is 6.05. The Hall–Kier alpha value is -1.63.